The second-order valence-electron chi connectivity index (χ2n) is 8.20. The number of rotatable bonds is 9. The number of para-hydroxylation sites is 1. The summed E-state index contributed by atoms with van der Waals surface area (Å²) in [4.78, 5) is 40.7. The van der Waals surface area contributed by atoms with Gasteiger partial charge in [0.2, 0.25) is 5.91 Å². The molecule has 2 atom stereocenters. The summed E-state index contributed by atoms with van der Waals surface area (Å²) in [6.07, 6.45) is 1.70. The summed E-state index contributed by atoms with van der Waals surface area (Å²) in [7, 11) is 1.55. The molecule has 4 rings (SSSR count). The first-order chi connectivity index (χ1) is 17.4. The van der Waals surface area contributed by atoms with Crippen LogP contribution in [0.25, 0.3) is 0 Å². The molecule has 10 nitrogen and oxygen atoms in total. The van der Waals surface area contributed by atoms with Gasteiger partial charge >= 0.3 is 0 Å². The minimum atomic E-state index is -1.06. The van der Waals surface area contributed by atoms with Crippen LogP contribution in [0.3, 0.4) is 0 Å². The Bertz CT molecular complexity index is 1230. The van der Waals surface area contributed by atoms with E-state index >= 15 is 0 Å². The van der Waals surface area contributed by atoms with Crippen LogP contribution in [0.5, 0.6) is 5.75 Å². The molecule has 1 aliphatic rings. The lowest BCUT2D eigenvalue weighted by molar-refractivity contribution is -0.123. The van der Waals surface area contributed by atoms with Crippen molar-refractivity contribution in [3.63, 3.8) is 0 Å². The van der Waals surface area contributed by atoms with E-state index in [9.17, 15) is 14.4 Å². The van der Waals surface area contributed by atoms with Crippen LogP contribution in [0.15, 0.2) is 54.6 Å². The molecule has 3 aromatic rings. The van der Waals surface area contributed by atoms with Gasteiger partial charge in [0.25, 0.3) is 11.8 Å². The largest absolute Gasteiger partial charge is 0.497 e. The van der Waals surface area contributed by atoms with E-state index in [2.05, 4.69) is 9.69 Å². The monoisotopic (exact) mass is 509 g/mol. The van der Waals surface area contributed by atoms with Gasteiger partial charge in [0.05, 0.1) is 18.9 Å². The zero-order chi connectivity index (χ0) is 25.7. The van der Waals surface area contributed by atoms with Gasteiger partial charge in [-0.3, -0.25) is 19.3 Å². The summed E-state index contributed by atoms with van der Waals surface area (Å²) < 4.78 is 14.9. The second-order valence-corrected chi connectivity index (χ2v) is 8.98. The standard InChI is InChI=1S/C25H27N5O5S/c1-34-17-11-9-15(10-12-17)21(24(32)28-14-18-8-5-13-35-18)30(16-6-3-2-4-7-16)25(33)22-19(26)20(23(27)31)29-36-22/h2-4,6-7,9-12,18,21H,5,8,13-14,26H2,1H3,(H2,27,31)(H,28,32)/t18-,21-/m0/s1. The summed E-state index contributed by atoms with van der Waals surface area (Å²) in [6.45, 7) is 0.973. The van der Waals surface area contributed by atoms with Crippen molar-refractivity contribution in [2.75, 3.05) is 30.9 Å². The van der Waals surface area contributed by atoms with Gasteiger partial charge < -0.3 is 26.3 Å². The van der Waals surface area contributed by atoms with Crippen molar-refractivity contribution in [1.82, 2.24) is 9.69 Å². The van der Waals surface area contributed by atoms with E-state index in [1.165, 1.54) is 4.90 Å². The Balaban J connectivity index is 1.78. The number of carbonyl (C=O) groups is 3. The van der Waals surface area contributed by atoms with Crippen LogP contribution in [0.1, 0.15) is 44.6 Å². The smallest absolute Gasteiger partial charge is 0.273 e. The number of ether oxygens (including phenoxy) is 2. The Labute approximate surface area is 212 Å². The Morgan fingerprint density at radius 3 is 2.50 bits per heavy atom. The van der Waals surface area contributed by atoms with Crippen molar-refractivity contribution in [2.45, 2.75) is 25.0 Å². The predicted octanol–water partition coefficient (Wildman–Crippen LogP) is 2.52. The molecule has 1 aromatic heterocycles. The quantitative estimate of drug-likeness (QED) is 0.401. The molecule has 3 amide bonds. The number of nitrogen functional groups attached to an aromatic ring is 1. The zero-order valence-electron chi connectivity index (χ0n) is 19.7. The number of amides is 3. The Morgan fingerprint density at radius 2 is 1.92 bits per heavy atom. The predicted molar refractivity (Wildman–Crippen MR) is 136 cm³/mol. The van der Waals surface area contributed by atoms with Crippen molar-refractivity contribution in [1.29, 1.82) is 0 Å². The third-order valence-electron chi connectivity index (χ3n) is 5.87. The van der Waals surface area contributed by atoms with Gasteiger partial charge in [0, 0.05) is 18.8 Å². The molecule has 0 unspecified atom stereocenters. The van der Waals surface area contributed by atoms with E-state index in [1.54, 1.807) is 61.7 Å². The van der Waals surface area contributed by atoms with Gasteiger partial charge in [-0.2, -0.15) is 4.37 Å². The number of aromatic nitrogens is 1. The molecule has 36 heavy (non-hydrogen) atoms. The first kappa shape index (κ1) is 25.1. The average molecular weight is 510 g/mol. The maximum atomic E-state index is 13.9. The highest BCUT2D eigenvalue weighted by molar-refractivity contribution is 7.09. The second kappa shape index (κ2) is 11.2. The fourth-order valence-electron chi connectivity index (χ4n) is 4.03. The third-order valence-corrected chi connectivity index (χ3v) is 6.73. The highest BCUT2D eigenvalue weighted by Gasteiger charge is 2.36. The van der Waals surface area contributed by atoms with Crippen LogP contribution >= 0.6 is 11.5 Å². The van der Waals surface area contributed by atoms with Gasteiger partial charge in [0.1, 0.15) is 16.7 Å². The van der Waals surface area contributed by atoms with Gasteiger partial charge in [-0.1, -0.05) is 30.3 Å². The maximum Gasteiger partial charge on any atom is 0.273 e. The van der Waals surface area contributed by atoms with E-state index in [1.807, 2.05) is 0 Å². The first-order valence-electron chi connectivity index (χ1n) is 11.4. The van der Waals surface area contributed by atoms with Crippen LogP contribution in [-0.4, -0.2) is 48.5 Å². The first-order valence-corrected chi connectivity index (χ1v) is 12.1. The normalized spacial score (nSPS) is 15.8. The molecule has 2 aromatic carbocycles. The molecule has 2 heterocycles. The van der Waals surface area contributed by atoms with Crippen molar-refractivity contribution >= 4 is 40.6 Å². The molecule has 1 aliphatic heterocycles. The van der Waals surface area contributed by atoms with Gasteiger partial charge in [-0.05, 0) is 54.2 Å². The lowest BCUT2D eigenvalue weighted by Gasteiger charge is -2.31. The molecule has 0 spiro atoms. The molecule has 1 saturated heterocycles. The number of hydrogen-bond donors (Lipinski definition) is 3. The minimum absolute atomic E-state index is 0.0121. The summed E-state index contributed by atoms with van der Waals surface area (Å²) in [5.41, 5.74) is 12.1. The van der Waals surface area contributed by atoms with Crippen LogP contribution in [-0.2, 0) is 9.53 Å². The molecule has 188 valence electrons. The van der Waals surface area contributed by atoms with E-state index in [0.29, 0.717) is 30.2 Å². The number of nitrogens with zero attached hydrogens (tertiary/aromatic N) is 2. The third kappa shape index (κ3) is 5.31. The van der Waals surface area contributed by atoms with Crippen molar-refractivity contribution in [3.05, 3.63) is 70.7 Å². The minimum Gasteiger partial charge on any atom is -0.497 e. The van der Waals surface area contributed by atoms with Gasteiger partial charge in [-0.15, -0.1) is 0 Å². The Hall–Kier alpha value is -3.96. The van der Waals surface area contributed by atoms with Crippen LogP contribution in [0.4, 0.5) is 11.4 Å². The molecule has 0 saturated carbocycles. The van der Waals surface area contributed by atoms with E-state index in [4.69, 9.17) is 20.9 Å². The number of methoxy groups -OCH3 is 1. The molecular weight excluding hydrogens is 482 g/mol. The van der Waals surface area contributed by atoms with E-state index < -0.39 is 23.8 Å². The van der Waals surface area contributed by atoms with Crippen molar-refractivity contribution in [3.8, 4) is 5.75 Å². The fraction of sp³-hybridized carbons (Fsp3) is 0.280. The van der Waals surface area contributed by atoms with Gasteiger partial charge in [0.15, 0.2) is 5.69 Å². The lowest BCUT2D eigenvalue weighted by atomic mass is 10.0. The molecule has 0 bridgehead atoms. The van der Waals surface area contributed by atoms with Crippen LogP contribution in [0, 0.1) is 0 Å². The average Bonchev–Trinajstić information content (AvgIpc) is 3.56. The number of primary amides is 1. The van der Waals surface area contributed by atoms with E-state index in [-0.39, 0.29) is 22.4 Å². The maximum absolute atomic E-state index is 13.9. The summed E-state index contributed by atoms with van der Waals surface area (Å²) in [5.74, 6) is -1.22. The number of anilines is 2. The lowest BCUT2D eigenvalue weighted by Crippen LogP contribution is -2.45. The fourth-order valence-corrected chi connectivity index (χ4v) is 4.77. The number of nitrogens with two attached hydrogens (primary N) is 2. The summed E-state index contributed by atoms with van der Waals surface area (Å²) in [5, 5.41) is 2.94. The molecule has 1 fully saturated rings. The van der Waals surface area contributed by atoms with Crippen LogP contribution in [0.2, 0.25) is 0 Å². The Kier molecular flexibility index (Phi) is 7.81. The highest BCUT2D eigenvalue weighted by Crippen LogP contribution is 2.33. The van der Waals surface area contributed by atoms with E-state index in [0.717, 1.165) is 24.4 Å². The number of nitrogens with one attached hydrogen (secondary N) is 1. The zero-order valence-corrected chi connectivity index (χ0v) is 20.5. The van der Waals surface area contributed by atoms with Crippen LogP contribution < -0.4 is 26.4 Å². The SMILES string of the molecule is COc1ccc([C@@H](C(=O)NC[C@@H]2CCCO2)N(C(=O)c2snc(C(N)=O)c2N)c2ccccc2)cc1. The molecule has 0 radical (unpaired) electrons. The number of benzene rings is 2. The molecule has 0 aliphatic carbocycles. The van der Waals surface area contributed by atoms with Crippen molar-refractivity contribution < 1.29 is 23.9 Å². The van der Waals surface area contributed by atoms with Gasteiger partial charge in [-0.25, -0.2) is 0 Å². The molecule has 5 N–H and O–H groups in total. The topological polar surface area (TPSA) is 150 Å². The number of hydrogen-bond acceptors (Lipinski definition) is 8. The molecular formula is C25H27N5O5S. The summed E-state index contributed by atoms with van der Waals surface area (Å²) in [6, 6.07) is 14.6. The molecule has 11 heteroatoms. The highest BCUT2D eigenvalue weighted by atomic mass is 32.1. The summed E-state index contributed by atoms with van der Waals surface area (Å²) >= 11 is 0.761. The Morgan fingerprint density at radius 1 is 1.19 bits per heavy atom. The number of carbonyl (C=O) groups excluding carboxylic acids is 3. The van der Waals surface area contributed by atoms with Crippen molar-refractivity contribution in [2.24, 2.45) is 5.73 Å².